The zero-order valence-corrected chi connectivity index (χ0v) is 9.11. The zero-order chi connectivity index (χ0) is 13.9. The Hall–Kier alpha value is -2.32. The molecular weight excluding hydrogens is 254 g/mol. The van der Waals surface area contributed by atoms with Crippen LogP contribution in [0.1, 0.15) is 17.7 Å². The summed E-state index contributed by atoms with van der Waals surface area (Å²) in [6.07, 6.45) is -3.65. The molecule has 0 aliphatic carbocycles. The molecular formula is C9H8F2N2O5. The van der Waals surface area contributed by atoms with Crippen molar-refractivity contribution in [1.29, 1.82) is 0 Å². The molecule has 0 aromatic carbocycles. The lowest BCUT2D eigenvalue weighted by Crippen LogP contribution is -2.18. The number of carbonyl (C=O) groups excluding carboxylic acids is 1. The molecule has 98 valence electrons. The van der Waals surface area contributed by atoms with Gasteiger partial charge in [-0.15, -0.1) is 0 Å². The van der Waals surface area contributed by atoms with Crippen LogP contribution in [-0.2, 0) is 16.0 Å². The van der Waals surface area contributed by atoms with Crippen LogP contribution >= 0.6 is 0 Å². The van der Waals surface area contributed by atoms with Crippen molar-refractivity contribution < 1.29 is 23.2 Å². The molecule has 0 radical (unpaired) electrons. The van der Waals surface area contributed by atoms with E-state index in [9.17, 15) is 28.5 Å². The van der Waals surface area contributed by atoms with Crippen molar-refractivity contribution in [3.05, 3.63) is 37.8 Å². The minimum Gasteiger partial charge on any atom is -0.469 e. The van der Waals surface area contributed by atoms with Crippen LogP contribution in [-0.4, -0.2) is 23.0 Å². The van der Waals surface area contributed by atoms with Crippen molar-refractivity contribution >= 4 is 11.7 Å². The van der Waals surface area contributed by atoms with Gasteiger partial charge in [0.05, 0.1) is 18.5 Å². The standard InChI is InChI=1S/C9H8F2N2O5/c1-18-7(14)3-5-4(8(10)11)2-6(13(16)17)9(15)12-5/h2,8H,3H2,1H3,(H,12,15). The summed E-state index contributed by atoms with van der Waals surface area (Å²) in [7, 11) is 1.05. The highest BCUT2D eigenvalue weighted by atomic mass is 19.3. The van der Waals surface area contributed by atoms with Crippen molar-refractivity contribution in [1.82, 2.24) is 4.98 Å². The van der Waals surface area contributed by atoms with Crippen LogP contribution in [0.5, 0.6) is 0 Å². The van der Waals surface area contributed by atoms with Gasteiger partial charge in [-0.1, -0.05) is 0 Å². The van der Waals surface area contributed by atoms with Crippen molar-refractivity contribution in [2.24, 2.45) is 0 Å². The highest BCUT2D eigenvalue weighted by Gasteiger charge is 2.23. The van der Waals surface area contributed by atoms with Crippen LogP contribution in [0.4, 0.5) is 14.5 Å². The van der Waals surface area contributed by atoms with Gasteiger partial charge in [-0.2, -0.15) is 0 Å². The topological polar surface area (TPSA) is 102 Å². The third kappa shape index (κ3) is 2.87. The largest absolute Gasteiger partial charge is 0.469 e. The highest BCUT2D eigenvalue weighted by molar-refractivity contribution is 5.72. The van der Waals surface area contributed by atoms with E-state index in [0.29, 0.717) is 6.07 Å². The van der Waals surface area contributed by atoms with Gasteiger partial charge in [-0.25, -0.2) is 8.78 Å². The monoisotopic (exact) mass is 262 g/mol. The van der Waals surface area contributed by atoms with Crippen molar-refractivity contribution in [2.45, 2.75) is 12.8 Å². The number of H-pyrrole nitrogens is 1. The number of rotatable bonds is 4. The van der Waals surface area contributed by atoms with Gasteiger partial charge in [-0.3, -0.25) is 19.7 Å². The van der Waals surface area contributed by atoms with Gasteiger partial charge in [0.1, 0.15) is 0 Å². The molecule has 18 heavy (non-hydrogen) atoms. The Morgan fingerprint density at radius 1 is 1.61 bits per heavy atom. The lowest BCUT2D eigenvalue weighted by Gasteiger charge is -2.07. The number of pyridine rings is 1. The van der Waals surface area contributed by atoms with Crippen LogP contribution in [0, 0.1) is 10.1 Å². The van der Waals surface area contributed by atoms with Crippen LogP contribution in [0.3, 0.4) is 0 Å². The number of halogens is 2. The molecule has 0 saturated heterocycles. The molecule has 0 aliphatic rings. The minimum absolute atomic E-state index is 0.396. The lowest BCUT2D eigenvalue weighted by molar-refractivity contribution is -0.386. The predicted molar refractivity (Wildman–Crippen MR) is 54.4 cm³/mol. The average molecular weight is 262 g/mol. The first-order valence-electron chi connectivity index (χ1n) is 4.62. The van der Waals surface area contributed by atoms with Gasteiger partial charge in [-0.05, 0) is 0 Å². The molecule has 0 unspecified atom stereocenters. The molecule has 1 N–H and O–H groups in total. The molecule has 1 heterocycles. The maximum Gasteiger partial charge on any atom is 0.334 e. The van der Waals surface area contributed by atoms with E-state index in [2.05, 4.69) is 4.74 Å². The zero-order valence-electron chi connectivity index (χ0n) is 9.11. The molecule has 0 atom stereocenters. The second kappa shape index (κ2) is 5.34. The molecule has 0 spiro atoms. The number of hydrogen-bond acceptors (Lipinski definition) is 5. The summed E-state index contributed by atoms with van der Waals surface area (Å²) < 4.78 is 29.6. The maximum atomic E-state index is 12.7. The van der Waals surface area contributed by atoms with E-state index < -0.39 is 46.2 Å². The number of carbonyl (C=O) groups is 1. The number of nitro groups is 1. The van der Waals surface area contributed by atoms with Crippen molar-refractivity contribution in [2.75, 3.05) is 7.11 Å². The fourth-order valence-electron chi connectivity index (χ4n) is 1.27. The normalized spacial score (nSPS) is 10.4. The van der Waals surface area contributed by atoms with E-state index in [4.69, 9.17) is 0 Å². The Labute approximate surface area is 98.5 Å². The second-order valence-corrected chi connectivity index (χ2v) is 3.23. The van der Waals surface area contributed by atoms with E-state index in [1.54, 1.807) is 0 Å². The van der Waals surface area contributed by atoms with Crippen LogP contribution in [0.25, 0.3) is 0 Å². The predicted octanol–water partition coefficient (Wildman–Crippen LogP) is 0.936. The molecule has 1 rings (SSSR count). The lowest BCUT2D eigenvalue weighted by atomic mass is 10.1. The van der Waals surface area contributed by atoms with Gasteiger partial charge in [0.2, 0.25) is 0 Å². The first-order valence-corrected chi connectivity index (χ1v) is 4.62. The summed E-state index contributed by atoms with van der Waals surface area (Å²) in [5, 5.41) is 10.4. The van der Waals surface area contributed by atoms with E-state index in [1.807, 2.05) is 4.98 Å². The summed E-state index contributed by atoms with van der Waals surface area (Å²) in [6, 6.07) is 0.460. The summed E-state index contributed by atoms with van der Waals surface area (Å²) in [5.41, 5.74) is -3.32. The maximum absolute atomic E-state index is 12.7. The summed E-state index contributed by atoms with van der Waals surface area (Å²) in [6.45, 7) is 0. The van der Waals surface area contributed by atoms with E-state index >= 15 is 0 Å². The number of ether oxygens (including phenoxy) is 1. The highest BCUT2D eigenvalue weighted by Crippen LogP contribution is 2.24. The number of hydrogen-bond donors (Lipinski definition) is 1. The Morgan fingerprint density at radius 3 is 2.67 bits per heavy atom. The van der Waals surface area contributed by atoms with E-state index in [-0.39, 0.29) is 0 Å². The van der Waals surface area contributed by atoms with E-state index in [0.717, 1.165) is 7.11 Å². The van der Waals surface area contributed by atoms with Gasteiger partial charge in [0.25, 0.3) is 6.43 Å². The molecule has 1 aromatic heterocycles. The smallest absolute Gasteiger partial charge is 0.334 e. The van der Waals surface area contributed by atoms with Gasteiger partial charge in [0.15, 0.2) is 0 Å². The molecule has 9 heteroatoms. The van der Waals surface area contributed by atoms with Crippen LogP contribution in [0.2, 0.25) is 0 Å². The quantitative estimate of drug-likeness (QED) is 0.494. The first kappa shape index (κ1) is 13.7. The number of nitrogens with zero attached hydrogens (tertiary/aromatic N) is 1. The van der Waals surface area contributed by atoms with Gasteiger partial charge >= 0.3 is 17.2 Å². The fraction of sp³-hybridized carbons (Fsp3) is 0.333. The van der Waals surface area contributed by atoms with Crippen LogP contribution in [0.15, 0.2) is 10.9 Å². The number of aromatic amines is 1. The van der Waals surface area contributed by atoms with Gasteiger partial charge < -0.3 is 9.72 Å². The van der Waals surface area contributed by atoms with E-state index in [1.165, 1.54) is 0 Å². The fourth-order valence-corrected chi connectivity index (χ4v) is 1.27. The second-order valence-electron chi connectivity index (χ2n) is 3.23. The molecule has 0 bridgehead atoms. The Balaban J connectivity index is 3.34. The Morgan fingerprint density at radius 2 is 2.22 bits per heavy atom. The molecule has 0 fully saturated rings. The average Bonchev–Trinajstić information content (AvgIpc) is 2.27. The number of methoxy groups -OCH3 is 1. The first-order chi connectivity index (χ1) is 8.36. The third-order valence-electron chi connectivity index (χ3n) is 2.12. The third-order valence-corrected chi connectivity index (χ3v) is 2.12. The number of alkyl halides is 2. The van der Waals surface area contributed by atoms with Gasteiger partial charge in [0, 0.05) is 17.3 Å². The summed E-state index contributed by atoms with van der Waals surface area (Å²) in [4.78, 5) is 33.4. The summed E-state index contributed by atoms with van der Waals surface area (Å²) >= 11 is 0. The Bertz CT molecular complexity index is 540. The van der Waals surface area contributed by atoms with Crippen molar-refractivity contribution in [3.8, 4) is 0 Å². The molecule has 0 aliphatic heterocycles. The number of nitrogens with one attached hydrogen (secondary N) is 1. The SMILES string of the molecule is COC(=O)Cc1[nH]c(=O)c([N+](=O)[O-])cc1C(F)F. The Kier molecular flexibility index (Phi) is 4.08. The molecule has 1 aromatic rings. The van der Waals surface area contributed by atoms with Crippen LogP contribution < -0.4 is 5.56 Å². The summed E-state index contributed by atoms with van der Waals surface area (Å²) in [5.74, 6) is -0.846. The minimum atomic E-state index is -3.06. The molecule has 0 amide bonds. The number of esters is 1. The molecule has 7 nitrogen and oxygen atoms in total. The van der Waals surface area contributed by atoms with Crippen molar-refractivity contribution in [3.63, 3.8) is 0 Å². The molecule has 0 saturated carbocycles. The number of aromatic nitrogens is 1.